The normalized spacial score (nSPS) is 11.2. The van der Waals surface area contributed by atoms with E-state index in [1.54, 1.807) is 0 Å². The predicted octanol–water partition coefficient (Wildman–Crippen LogP) is 10.3. The van der Waals surface area contributed by atoms with Gasteiger partial charge in [0, 0.05) is 38.7 Å². The van der Waals surface area contributed by atoms with Gasteiger partial charge in [-0.15, -0.1) is 0 Å². The predicted molar refractivity (Wildman–Crippen MR) is 190 cm³/mol. The minimum absolute atomic E-state index is 0.542. The first kappa shape index (κ1) is 27.4. The highest BCUT2D eigenvalue weighted by Crippen LogP contribution is 2.43. The second kappa shape index (κ2) is 11.4. The molecular formula is C42H30N4. The van der Waals surface area contributed by atoms with Gasteiger partial charge < -0.3 is 4.57 Å². The lowest BCUT2D eigenvalue weighted by Crippen LogP contribution is -2.06. The molecule has 2 aromatic heterocycles. The van der Waals surface area contributed by atoms with Gasteiger partial charge in [-0.05, 0) is 41.8 Å². The second-order valence-electron chi connectivity index (χ2n) is 11.4. The van der Waals surface area contributed by atoms with Crippen LogP contribution in [-0.4, -0.2) is 19.5 Å². The summed E-state index contributed by atoms with van der Waals surface area (Å²) < 4.78 is 2.35. The fourth-order valence-corrected chi connectivity index (χ4v) is 6.36. The van der Waals surface area contributed by atoms with E-state index in [2.05, 4.69) is 102 Å². The maximum atomic E-state index is 5.09. The summed E-state index contributed by atoms with van der Waals surface area (Å²) in [6, 6.07) is 52.2. The van der Waals surface area contributed by atoms with Crippen molar-refractivity contribution in [2.24, 2.45) is 0 Å². The van der Waals surface area contributed by atoms with Crippen LogP contribution in [0.25, 0.3) is 67.0 Å². The molecule has 0 unspecified atom stereocenters. The van der Waals surface area contributed by atoms with Crippen LogP contribution in [0.1, 0.15) is 17.0 Å². The monoisotopic (exact) mass is 590 g/mol. The molecule has 4 heteroatoms. The van der Waals surface area contributed by atoms with Crippen molar-refractivity contribution in [2.45, 2.75) is 6.92 Å². The topological polar surface area (TPSA) is 43.6 Å². The SMILES string of the molecule is C=C(c1nc(-c2ccccc2)nc(-c2ccccc2)n1)c1c(-c2ccccc2C)ccc2c3ccccc3n(-c3ccccc3)c12. The highest BCUT2D eigenvalue weighted by molar-refractivity contribution is 6.15. The van der Waals surface area contributed by atoms with Gasteiger partial charge in [-0.3, -0.25) is 0 Å². The van der Waals surface area contributed by atoms with Crippen molar-refractivity contribution in [1.29, 1.82) is 0 Å². The van der Waals surface area contributed by atoms with Gasteiger partial charge in [0.05, 0.1) is 11.0 Å². The first-order valence-electron chi connectivity index (χ1n) is 15.4. The molecule has 0 aliphatic carbocycles. The third-order valence-corrected chi connectivity index (χ3v) is 8.56. The molecule has 0 atom stereocenters. The summed E-state index contributed by atoms with van der Waals surface area (Å²) >= 11 is 0. The molecule has 8 aromatic rings. The van der Waals surface area contributed by atoms with Crippen molar-refractivity contribution in [3.05, 3.63) is 175 Å². The molecule has 46 heavy (non-hydrogen) atoms. The van der Waals surface area contributed by atoms with E-state index in [9.17, 15) is 0 Å². The number of aromatic nitrogens is 4. The number of fused-ring (bicyclic) bond motifs is 3. The van der Waals surface area contributed by atoms with Crippen LogP contribution in [-0.2, 0) is 0 Å². The summed E-state index contributed by atoms with van der Waals surface area (Å²) in [4.78, 5) is 15.1. The van der Waals surface area contributed by atoms with Gasteiger partial charge in [-0.2, -0.15) is 0 Å². The fourth-order valence-electron chi connectivity index (χ4n) is 6.36. The van der Waals surface area contributed by atoms with Crippen LogP contribution in [0.4, 0.5) is 0 Å². The van der Waals surface area contributed by atoms with E-state index in [4.69, 9.17) is 21.5 Å². The van der Waals surface area contributed by atoms with E-state index in [1.807, 2.05) is 60.7 Å². The number of benzene rings is 6. The molecule has 0 radical (unpaired) electrons. The minimum atomic E-state index is 0.542. The summed E-state index contributed by atoms with van der Waals surface area (Å²) in [5.41, 5.74) is 10.3. The molecule has 8 rings (SSSR count). The number of para-hydroxylation sites is 2. The zero-order chi connectivity index (χ0) is 31.0. The number of rotatable bonds is 6. The molecule has 0 saturated heterocycles. The molecule has 2 heterocycles. The van der Waals surface area contributed by atoms with Gasteiger partial charge >= 0.3 is 0 Å². The molecule has 0 fully saturated rings. The standard InChI is InChI=1S/C42H30N4/c1-28-16-12-13-23-33(28)35-26-27-36-34-24-14-15-25-37(34)46(32-21-10-5-11-22-32)39(36)38(35)29(2)40-43-41(30-17-6-3-7-18-30)45-42(44-40)31-19-8-4-9-20-31/h3-27H,2H2,1H3. The van der Waals surface area contributed by atoms with Crippen LogP contribution in [0.3, 0.4) is 0 Å². The highest BCUT2D eigenvalue weighted by atomic mass is 15.0. The highest BCUT2D eigenvalue weighted by Gasteiger charge is 2.24. The molecule has 0 spiro atoms. The lowest BCUT2D eigenvalue weighted by Gasteiger charge is -2.18. The smallest absolute Gasteiger partial charge is 0.164 e. The van der Waals surface area contributed by atoms with Crippen molar-refractivity contribution >= 4 is 27.4 Å². The Morgan fingerprint density at radius 3 is 1.74 bits per heavy atom. The Bertz CT molecular complexity index is 2320. The molecule has 218 valence electrons. The number of hydrogen-bond acceptors (Lipinski definition) is 3. The molecule has 0 aliphatic rings. The lowest BCUT2D eigenvalue weighted by atomic mass is 9.90. The number of aryl methyl sites for hydroxylation is 1. The van der Waals surface area contributed by atoms with Crippen LogP contribution in [0, 0.1) is 6.92 Å². The zero-order valence-corrected chi connectivity index (χ0v) is 25.4. The molecule has 0 bridgehead atoms. The third-order valence-electron chi connectivity index (χ3n) is 8.56. The maximum Gasteiger partial charge on any atom is 0.164 e. The lowest BCUT2D eigenvalue weighted by molar-refractivity contribution is 1.04. The van der Waals surface area contributed by atoms with Gasteiger partial charge in [0.15, 0.2) is 17.5 Å². The molecule has 0 amide bonds. The summed E-state index contributed by atoms with van der Waals surface area (Å²) in [5, 5.41) is 2.32. The Hall–Kier alpha value is -6.13. The number of nitrogens with zero attached hydrogens (tertiary/aromatic N) is 4. The summed E-state index contributed by atoms with van der Waals surface area (Å²) in [5.74, 6) is 1.76. The fraction of sp³-hybridized carbons (Fsp3) is 0.0238. The molecule has 0 saturated carbocycles. The average molecular weight is 591 g/mol. The van der Waals surface area contributed by atoms with E-state index in [1.165, 1.54) is 10.9 Å². The van der Waals surface area contributed by atoms with Crippen molar-refractivity contribution in [1.82, 2.24) is 19.5 Å². The van der Waals surface area contributed by atoms with Crippen molar-refractivity contribution < 1.29 is 0 Å². The molecular weight excluding hydrogens is 560 g/mol. The van der Waals surface area contributed by atoms with E-state index < -0.39 is 0 Å². The quantitative estimate of drug-likeness (QED) is 0.194. The van der Waals surface area contributed by atoms with Gasteiger partial charge in [0.25, 0.3) is 0 Å². The first-order chi connectivity index (χ1) is 22.7. The van der Waals surface area contributed by atoms with Gasteiger partial charge in [0.2, 0.25) is 0 Å². The van der Waals surface area contributed by atoms with Gasteiger partial charge in [-0.25, -0.2) is 15.0 Å². The number of hydrogen-bond donors (Lipinski definition) is 0. The largest absolute Gasteiger partial charge is 0.309 e. The molecule has 4 nitrogen and oxygen atoms in total. The van der Waals surface area contributed by atoms with Gasteiger partial charge in [-0.1, -0.05) is 140 Å². The molecule has 0 N–H and O–H groups in total. The average Bonchev–Trinajstić information content (AvgIpc) is 3.46. The first-order valence-corrected chi connectivity index (χ1v) is 15.4. The van der Waals surface area contributed by atoms with E-state index in [0.717, 1.165) is 55.5 Å². The van der Waals surface area contributed by atoms with Crippen LogP contribution < -0.4 is 0 Å². The summed E-state index contributed by atoms with van der Waals surface area (Å²) in [6.45, 7) is 6.93. The zero-order valence-electron chi connectivity index (χ0n) is 25.4. The van der Waals surface area contributed by atoms with Crippen molar-refractivity contribution in [2.75, 3.05) is 0 Å². The maximum absolute atomic E-state index is 5.09. The Morgan fingerprint density at radius 2 is 1.09 bits per heavy atom. The van der Waals surface area contributed by atoms with Gasteiger partial charge in [0.1, 0.15) is 0 Å². The molecule has 6 aromatic carbocycles. The Balaban J connectivity index is 1.48. The van der Waals surface area contributed by atoms with Crippen LogP contribution in [0.2, 0.25) is 0 Å². The summed E-state index contributed by atoms with van der Waals surface area (Å²) in [6.07, 6.45) is 0. The van der Waals surface area contributed by atoms with E-state index in [-0.39, 0.29) is 0 Å². The van der Waals surface area contributed by atoms with E-state index in [0.29, 0.717) is 17.5 Å². The Kier molecular flexibility index (Phi) is 6.81. The van der Waals surface area contributed by atoms with Crippen LogP contribution in [0.5, 0.6) is 0 Å². The van der Waals surface area contributed by atoms with Crippen LogP contribution >= 0.6 is 0 Å². The Labute approximate surface area is 268 Å². The second-order valence-corrected chi connectivity index (χ2v) is 11.4. The van der Waals surface area contributed by atoms with Crippen molar-refractivity contribution in [3.8, 4) is 39.6 Å². The molecule has 0 aliphatic heterocycles. The minimum Gasteiger partial charge on any atom is -0.309 e. The van der Waals surface area contributed by atoms with E-state index >= 15 is 0 Å². The summed E-state index contributed by atoms with van der Waals surface area (Å²) in [7, 11) is 0. The van der Waals surface area contributed by atoms with Crippen LogP contribution in [0.15, 0.2) is 158 Å². The Morgan fingerprint density at radius 1 is 0.522 bits per heavy atom. The third kappa shape index (κ3) is 4.68. The van der Waals surface area contributed by atoms with Crippen molar-refractivity contribution in [3.63, 3.8) is 0 Å².